The number of aromatic nitrogens is 3. The van der Waals surface area contributed by atoms with E-state index in [1.165, 1.54) is 0 Å². The van der Waals surface area contributed by atoms with Crippen LogP contribution in [0.5, 0.6) is 0 Å². The minimum atomic E-state index is 0.414. The Labute approximate surface area is 122 Å². The standard InChI is InChI=1S/C14H28N6/c1-6-10-11(7-2)16-13-17-12(15-5)18-14(19-13)20(8-3)9-4/h11H,6-10H2,1-5H3,(H2,15,16,17,18,19). The van der Waals surface area contributed by atoms with Gasteiger partial charge in [0.25, 0.3) is 0 Å². The topological polar surface area (TPSA) is 66.0 Å². The third-order valence-electron chi connectivity index (χ3n) is 3.36. The van der Waals surface area contributed by atoms with Crippen LogP contribution in [-0.4, -0.2) is 41.1 Å². The zero-order chi connectivity index (χ0) is 15.0. The average molecular weight is 280 g/mol. The Balaban J connectivity index is 2.97. The number of nitrogens with zero attached hydrogens (tertiary/aromatic N) is 4. The first-order chi connectivity index (χ1) is 9.68. The van der Waals surface area contributed by atoms with Crippen molar-refractivity contribution in [2.24, 2.45) is 0 Å². The van der Waals surface area contributed by atoms with Crippen LogP contribution in [0.1, 0.15) is 47.0 Å². The van der Waals surface area contributed by atoms with Crippen LogP contribution < -0.4 is 15.5 Å². The fourth-order valence-electron chi connectivity index (χ4n) is 2.10. The van der Waals surface area contributed by atoms with Crippen LogP contribution >= 0.6 is 0 Å². The van der Waals surface area contributed by atoms with E-state index >= 15 is 0 Å². The molecule has 0 fully saturated rings. The van der Waals surface area contributed by atoms with Crippen molar-refractivity contribution in [2.75, 3.05) is 35.7 Å². The molecule has 0 radical (unpaired) electrons. The second-order valence-electron chi connectivity index (χ2n) is 4.74. The molecule has 0 aliphatic heterocycles. The molecule has 1 aromatic rings. The van der Waals surface area contributed by atoms with Gasteiger partial charge in [0.05, 0.1) is 0 Å². The largest absolute Gasteiger partial charge is 0.357 e. The lowest BCUT2D eigenvalue weighted by Crippen LogP contribution is -2.26. The summed E-state index contributed by atoms with van der Waals surface area (Å²) in [7, 11) is 1.83. The molecule has 1 heterocycles. The SMILES string of the molecule is CCCC(CC)Nc1nc(NC)nc(N(CC)CC)n1. The van der Waals surface area contributed by atoms with Gasteiger partial charge >= 0.3 is 0 Å². The highest BCUT2D eigenvalue weighted by Gasteiger charge is 2.13. The van der Waals surface area contributed by atoms with E-state index < -0.39 is 0 Å². The molecule has 114 valence electrons. The van der Waals surface area contributed by atoms with E-state index in [0.29, 0.717) is 17.9 Å². The summed E-state index contributed by atoms with van der Waals surface area (Å²) in [4.78, 5) is 15.5. The molecule has 20 heavy (non-hydrogen) atoms. The van der Waals surface area contributed by atoms with Gasteiger partial charge in [-0.25, -0.2) is 0 Å². The maximum atomic E-state index is 4.55. The number of hydrogen-bond donors (Lipinski definition) is 2. The van der Waals surface area contributed by atoms with Crippen LogP contribution in [0.2, 0.25) is 0 Å². The highest BCUT2D eigenvalue weighted by atomic mass is 15.3. The molecule has 1 unspecified atom stereocenters. The smallest absolute Gasteiger partial charge is 0.231 e. The van der Waals surface area contributed by atoms with Crippen LogP contribution in [0.15, 0.2) is 0 Å². The molecule has 0 saturated heterocycles. The molecule has 0 aliphatic rings. The Morgan fingerprint density at radius 2 is 1.65 bits per heavy atom. The van der Waals surface area contributed by atoms with Crippen LogP contribution in [0.3, 0.4) is 0 Å². The summed E-state index contributed by atoms with van der Waals surface area (Å²) in [5.74, 6) is 1.99. The number of anilines is 3. The molecule has 0 aromatic carbocycles. The van der Waals surface area contributed by atoms with Crippen molar-refractivity contribution in [1.82, 2.24) is 15.0 Å². The van der Waals surface area contributed by atoms with Crippen molar-refractivity contribution in [3.05, 3.63) is 0 Å². The molecule has 0 amide bonds. The van der Waals surface area contributed by atoms with Crippen LogP contribution in [-0.2, 0) is 0 Å². The lowest BCUT2D eigenvalue weighted by Gasteiger charge is -2.21. The minimum Gasteiger partial charge on any atom is -0.357 e. The van der Waals surface area contributed by atoms with E-state index in [1.807, 2.05) is 7.05 Å². The summed E-state index contributed by atoms with van der Waals surface area (Å²) >= 11 is 0. The zero-order valence-electron chi connectivity index (χ0n) is 13.4. The molecule has 0 aliphatic carbocycles. The van der Waals surface area contributed by atoms with Gasteiger partial charge in [-0.1, -0.05) is 20.3 Å². The lowest BCUT2D eigenvalue weighted by molar-refractivity contribution is 0.617. The molecule has 1 rings (SSSR count). The van der Waals surface area contributed by atoms with Gasteiger partial charge in [0, 0.05) is 26.2 Å². The third-order valence-corrected chi connectivity index (χ3v) is 3.36. The quantitative estimate of drug-likeness (QED) is 0.725. The van der Waals surface area contributed by atoms with Crippen molar-refractivity contribution in [1.29, 1.82) is 0 Å². The molecular formula is C14H28N6. The van der Waals surface area contributed by atoms with Gasteiger partial charge in [-0.15, -0.1) is 0 Å². The van der Waals surface area contributed by atoms with Crippen LogP contribution in [0.25, 0.3) is 0 Å². The number of hydrogen-bond acceptors (Lipinski definition) is 6. The Morgan fingerprint density at radius 1 is 1.00 bits per heavy atom. The Bertz CT molecular complexity index is 391. The molecule has 1 atom stereocenters. The summed E-state index contributed by atoms with van der Waals surface area (Å²) in [6.45, 7) is 10.3. The second-order valence-corrected chi connectivity index (χ2v) is 4.74. The number of rotatable bonds is 9. The molecule has 0 bridgehead atoms. The van der Waals surface area contributed by atoms with Crippen LogP contribution in [0.4, 0.5) is 17.8 Å². The zero-order valence-corrected chi connectivity index (χ0v) is 13.4. The predicted octanol–water partition coefficient (Wildman–Crippen LogP) is 2.75. The van der Waals surface area contributed by atoms with Gasteiger partial charge in [0.1, 0.15) is 0 Å². The van der Waals surface area contributed by atoms with E-state index in [9.17, 15) is 0 Å². The maximum absolute atomic E-state index is 4.55. The van der Waals surface area contributed by atoms with Gasteiger partial charge < -0.3 is 15.5 Å². The maximum Gasteiger partial charge on any atom is 0.231 e. The van der Waals surface area contributed by atoms with Crippen molar-refractivity contribution in [3.8, 4) is 0 Å². The molecule has 6 nitrogen and oxygen atoms in total. The van der Waals surface area contributed by atoms with E-state index in [-0.39, 0.29) is 0 Å². The van der Waals surface area contributed by atoms with Crippen molar-refractivity contribution >= 4 is 17.8 Å². The Kier molecular flexibility index (Phi) is 7.04. The highest BCUT2D eigenvalue weighted by Crippen LogP contribution is 2.15. The summed E-state index contributed by atoms with van der Waals surface area (Å²) in [5, 5.41) is 6.42. The van der Waals surface area contributed by atoms with Gasteiger partial charge in [-0.05, 0) is 26.7 Å². The monoisotopic (exact) mass is 280 g/mol. The van der Waals surface area contributed by atoms with E-state index in [0.717, 1.165) is 38.3 Å². The first-order valence-electron chi connectivity index (χ1n) is 7.63. The lowest BCUT2D eigenvalue weighted by atomic mass is 10.1. The van der Waals surface area contributed by atoms with E-state index in [2.05, 4.69) is 58.2 Å². The molecular weight excluding hydrogens is 252 g/mol. The fourth-order valence-corrected chi connectivity index (χ4v) is 2.10. The summed E-state index contributed by atoms with van der Waals surface area (Å²) in [6, 6.07) is 0.414. The molecule has 0 spiro atoms. The Hall–Kier alpha value is -1.59. The molecule has 6 heteroatoms. The van der Waals surface area contributed by atoms with E-state index in [1.54, 1.807) is 0 Å². The van der Waals surface area contributed by atoms with Crippen molar-refractivity contribution in [3.63, 3.8) is 0 Å². The fraction of sp³-hybridized carbons (Fsp3) is 0.786. The van der Waals surface area contributed by atoms with Gasteiger partial charge in [-0.3, -0.25) is 0 Å². The third kappa shape index (κ3) is 4.51. The minimum absolute atomic E-state index is 0.414. The normalized spacial score (nSPS) is 12.1. The second kappa shape index (κ2) is 8.55. The van der Waals surface area contributed by atoms with Crippen molar-refractivity contribution in [2.45, 2.75) is 53.0 Å². The highest BCUT2D eigenvalue weighted by molar-refractivity contribution is 5.43. The number of nitrogens with one attached hydrogen (secondary N) is 2. The summed E-state index contributed by atoms with van der Waals surface area (Å²) < 4.78 is 0. The van der Waals surface area contributed by atoms with E-state index in [4.69, 9.17) is 0 Å². The van der Waals surface area contributed by atoms with Gasteiger partial charge in [-0.2, -0.15) is 15.0 Å². The summed E-state index contributed by atoms with van der Waals surface area (Å²) in [6.07, 6.45) is 3.34. The first-order valence-corrected chi connectivity index (χ1v) is 7.63. The predicted molar refractivity (Wildman–Crippen MR) is 85.5 cm³/mol. The van der Waals surface area contributed by atoms with Gasteiger partial charge in [0.15, 0.2) is 0 Å². The molecule has 0 saturated carbocycles. The van der Waals surface area contributed by atoms with Crippen LogP contribution in [0, 0.1) is 0 Å². The van der Waals surface area contributed by atoms with Crippen molar-refractivity contribution < 1.29 is 0 Å². The van der Waals surface area contributed by atoms with Gasteiger partial charge in [0.2, 0.25) is 17.8 Å². The Morgan fingerprint density at radius 3 is 2.15 bits per heavy atom. The molecule has 1 aromatic heterocycles. The average Bonchev–Trinajstić information content (AvgIpc) is 2.47. The molecule has 2 N–H and O–H groups in total. The summed E-state index contributed by atoms with van der Waals surface area (Å²) in [5.41, 5.74) is 0. The first kappa shape index (κ1) is 16.5.